The Balaban J connectivity index is 1.32. The van der Waals surface area contributed by atoms with Gasteiger partial charge in [-0.05, 0) is 75.0 Å². The van der Waals surface area contributed by atoms with Gasteiger partial charge in [0.15, 0.2) is 0 Å². The van der Waals surface area contributed by atoms with Gasteiger partial charge < -0.3 is 0 Å². The topological polar surface area (TPSA) is 12.9 Å². The van der Waals surface area contributed by atoms with Crippen molar-refractivity contribution in [3.63, 3.8) is 0 Å². The number of hydrogen-bond donors (Lipinski definition) is 0. The van der Waals surface area contributed by atoms with Crippen molar-refractivity contribution >= 4 is 21.7 Å². The number of rotatable bonds is 3. The maximum Gasteiger partial charge on any atom is 0.416 e. The molecule has 0 saturated heterocycles. The molecule has 0 unspecified atom stereocenters. The van der Waals surface area contributed by atoms with E-state index in [4.69, 9.17) is 0 Å². The molecule has 1 aromatic heterocycles. The van der Waals surface area contributed by atoms with Crippen LogP contribution in [-0.2, 0) is 12.4 Å². The van der Waals surface area contributed by atoms with Gasteiger partial charge in [0.2, 0.25) is 0 Å². The van der Waals surface area contributed by atoms with Crippen LogP contribution in [0.1, 0.15) is 11.1 Å². The zero-order valence-corrected chi connectivity index (χ0v) is 20.7. The Labute approximate surface area is 225 Å². The van der Waals surface area contributed by atoms with Gasteiger partial charge in [-0.15, -0.1) is 0 Å². The Morgan fingerprint density at radius 1 is 0.400 bits per heavy atom. The summed E-state index contributed by atoms with van der Waals surface area (Å²) >= 11 is 0. The van der Waals surface area contributed by atoms with E-state index in [9.17, 15) is 26.3 Å². The first-order valence-electron chi connectivity index (χ1n) is 12.3. The number of pyridine rings is 1. The standard InChI is InChI=1S/C33H19F6N/c34-32(35,36)29-15-27(16-30(18-29)33(37,38)39)25-11-12-26-14-28(19-40-31(26)17-25)22-7-5-21(6-8-22)24-10-9-20-3-1-2-4-23(20)13-24/h1-19H. The number of alkyl halides is 6. The third-order valence-electron chi connectivity index (χ3n) is 6.91. The lowest BCUT2D eigenvalue weighted by Gasteiger charge is -2.14. The van der Waals surface area contributed by atoms with Crippen molar-refractivity contribution in [2.24, 2.45) is 0 Å². The average Bonchev–Trinajstić information content (AvgIpc) is 2.95. The van der Waals surface area contributed by atoms with E-state index < -0.39 is 23.5 Å². The Morgan fingerprint density at radius 2 is 0.900 bits per heavy atom. The highest BCUT2D eigenvalue weighted by Crippen LogP contribution is 2.39. The van der Waals surface area contributed by atoms with E-state index >= 15 is 0 Å². The SMILES string of the molecule is FC(F)(F)c1cc(-c2ccc3cc(-c4ccc(-c5ccc6ccccc6c5)cc4)cnc3c2)cc(C(F)(F)F)c1. The number of aromatic nitrogens is 1. The van der Waals surface area contributed by atoms with Crippen LogP contribution >= 0.6 is 0 Å². The quantitative estimate of drug-likeness (QED) is 0.202. The van der Waals surface area contributed by atoms with Crippen molar-refractivity contribution in [1.29, 1.82) is 0 Å². The van der Waals surface area contributed by atoms with E-state index in [1.807, 2.05) is 42.5 Å². The number of hydrogen-bond acceptors (Lipinski definition) is 1. The van der Waals surface area contributed by atoms with Crippen LogP contribution in [0.3, 0.4) is 0 Å². The van der Waals surface area contributed by atoms with Crippen LogP contribution in [0.15, 0.2) is 115 Å². The van der Waals surface area contributed by atoms with Gasteiger partial charge in [-0.2, -0.15) is 26.3 Å². The predicted molar refractivity (Wildman–Crippen MR) is 146 cm³/mol. The van der Waals surface area contributed by atoms with E-state index in [0.29, 0.717) is 10.9 Å². The highest BCUT2D eigenvalue weighted by molar-refractivity contribution is 5.89. The Kier molecular flexibility index (Phi) is 6.10. The van der Waals surface area contributed by atoms with E-state index in [0.717, 1.165) is 39.8 Å². The molecule has 40 heavy (non-hydrogen) atoms. The number of nitrogens with zero attached hydrogens (tertiary/aromatic N) is 1. The lowest BCUT2D eigenvalue weighted by atomic mass is 9.97. The zero-order valence-electron chi connectivity index (χ0n) is 20.7. The van der Waals surface area contributed by atoms with Crippen molar-refractivity contribution in [3.05, 3.63) is 127 Å². The molecule has 6 aromatic rings. The van der Waals surface area contributed by atoms with E-state index in [1.165, 1.54) is 17.5 Å². The Bertz CT molecular complexity index is 1840. The van der Waals surface area contributed by atoms with Crippen molar-refractivity contribution in [1.82, 2.24) is 4.98 Å². The molecule has 0 aliphatic carbocycles. The molecular weight excluding hydrogens is 524 g/mol. The minimum atomic E-state index is -4.91. The van der Waals surface area contributed by atoms with E-state index in [1.54, 1.807) is 12.3 Å². The molecule has 0 N–H and O–H groups in total. The first-order chi connectivity index (χ1) is 19.0. The second-order valence-corrected chi connectivity index (χ2v) is 9.57. The van der Waals surface area contributed by atoms with Crippen LogP contribution in [0, 0.1) is 0 Å². The third kappa shape index (κ3) is 5.02. The van der Waals surface area contributed by atoms with Gasteiger partial charge in [-0.1, -0.05) is 72.8 Å². The lowest BCUT2D eigenvalue weighted by molar-refractivity contribution is -0.143. The van der Waals surface area contributed by atoms with Crippen LogP contribution < -0.4 is 0 Å². The van der Waals surface area contributed by atoms with E-state index in [-0.39, 0.29) is 17.2 Å². The fourth-order valence-corrected chi connectivity index (χ4v) is 4.80. The summed E-state index contributed by atoms with van der Waals surface area (Å²) in [5.41, 5.74) is 1.70. The summed E-state index contributed by atoms with van der Waals surface area (Å²) in [5.74, 6) is 0. The molecule has 198 valence electrons. The molecular formula is C33H19F6N. The predicted octanol–water partition coefficient (Wildman–Crippen LogP) is 10.4. The molecule has 0 amide bonds. The molecule has 1 heterocycles. The summed E-state index contributed by atoms with van der Waals surface area (Å²) in [4.78, 5) is 4.46. The molecule has 6 rings (SSSR count). The van der Waals surface area contributed by atoms with Crippen LogP contribution in [0.5, 0.6) is 0 Å². The van der Waals surface area contributed by atoms with Crippen LogP contribution in [0.4, 0.5) is 26.3 Å². The molecule has 1 nitrogen and oxygen atoms in total. The monoisotopic (exact) mass is 543 g/mol. The molecule has 0 fully saturated rings. The first kappa shape index (κ1) is 25.6. The Morgan fingerprint density at radius 3 is 1.52 bits per heavy atom. The second kappa shape index (κ2) is 9.52. The zero-order chi connectivity index (χ0) is 28.1. The lowest BCUT2D eigenvalue weighted by Crippen LogP contribution is -2.11. The highest BCUT2D eigenvalue weighted by Gasteiger charge is 2.37. The Hall–Kier alpha value is -4.65. The summed E-state index contributed by atoms with van der Waals surface area (Å²) in [6, 6.07) is 30.6. The maximum absolute atomic E-state index is 13.3. The maximum atomic E-state index is 13.3. The van der Waals surface area contributed by atoms with Gasteiger partial charge in [0, 0.05) is 17.1 Å². The second-order valence-electron chi connectivity index (χ2n) is 9.57. The fraction of sp³-hybridized carbons (Fsp3) is 0.0606. The normalized spacial score (nSPS) is 12.2. The van der Waals surface area contributed by atoms with Gasteiger partial charge in [0.25, 0.3) is 0 Å². The fourth-order valence-electron chi connectivity index (χ4n) is 4.80. The number of fused-ring (bicyclic) bond motifs is 2. The van der Waals surface area contributed by atoms with Crippen molar-refractivity contribution in [2.45, 2.75) is 12.4 Å². The molecule has 0 atom stereocenters. The third-order valence-corrected chi connectivity index (χ3v) is 6.91. The van der Waals surface area contributed by atoms with Gasteiger partial charge in [0.05, 0.1) is 16.6 Å². The molecule has 5 aromatic carbocycles. The van der Waals surface area contributed by atoms with Crippen molar-refractivity contribution in [2.75, 3.05) is 0 Å². The van der Waals surface area contributed by atoms with Crippen LogP contribution in [-0.4, -0.2) is 4.98 Å². The van der Waals surface area contributed by atoms with Crippen LogP contribution in [0.2, 0.25) is 0 Å². The molecule has 0 bridgehead atoms. The van der Waals surface area contributed by atoms with Gasteiger partial charge in [-0.3, -0.25) is 4.98 Å². The van der Waals surface area contributed by atoms with Crippen LogP contribution in [0.25, 0.3) is 55.1 Å². The van der Waals surface area contributed by atoms with Crippen molar-refractivity contribution < 1.29 is 26.3 Å². The van der Waals surface area contributed by atoms with Gasteiger partial charge in [0.1, 0.15) is 0 Å². The first-order valence-corrected chi connectivity index (χ1v) is 12.3. The molecule has 7 heteroatoms. The molecule has 0 aliphatic heterocycles. The number of benzene rings is 5. The molecule has 0 spiro atoms. The van der Waals surface area contributed by atoms with Gasteiger partial charge in [-0.25, -0.2) is 0 Å². The summed E-state index contributed by atoms with van der Waals surface area (Å²) in [5, 5.41) is 3.03. The minimum Gasteiger partial charge on any atom is -0.256 e. The smallest absolute Gasteiger partial charge is 0.256 e. The molecule has 0 radical (unpaired) electrons. The average molecular weight is 544 g/mol. The minimum absolute atomic E-state index is 0.125. The molecule has 0 saturated carbocycles. The summed E-state index contributed by atoms with van der Waals surface area (Å²) in [6.45, 7) is 0. The molecule has 0 aliphatic rings. The van der Waals surface area contributed by atoms with Crippen molar-refractivity contribution in [3.8, 4) is 33.4 Å². The number of halogens is 6. The summed E-state index contributed by atoms with van der Waals surface area (Å²) < 4.78 is 79.9. The largest absolute Gasteiger partial charge is 0.416 e. The van der Waals surface area contributed by atoms with E-state index in [2.05, 4.69) is 35.3 Å². The van der Waals surface area contributed by atoms with Gasteiger partial charge >= 0.3 is 12.4 Å². The summed E-state index contributed by atoms with van der Waals surface area (Å²) in [7, 11) is 0. The highest BCUT2D eigenvalue weighted by atomic mass is 19.4. The summed E-state index contributed by atoms with van der Waals surface area (Å²) in [6.07, 6.45) is -8.18.